The summed E-state index contributed by atoms with van der Waals surface area (Å²) in [5, 5.41) is 11.9. The van der Waals surface area contributed by atoms with Gasteiger partial charge in [0.15, 0.2) is 11.0 Å². The lowest BCUT2D eigenvalue weighted by Crippen LogP contribution is -2.35. The Labute approximate surface area is 174 Å². The quantitative estimate of drug-likeness (QED) is 0.575. The number of nitrogens with one attached hydrogen (secondary N) is 1. The van der Waals surface area contributed by atoms with E-state index in [9.17, 15) is 9.18 Å². The van der Waals surface area contributed by atoms with E-state index in [1.165, 1.54) is 23.9 Å². The summed E-state index contributed by atoms with van der Waals surface area (Å²) in [7, 11) is 5.82. The van der Waals surface area contributed by atoms with Crippen molar-refractivity contribution in [2.75, 3.05) is 26.4 Å². The number of hydrogen-bond acceptors (Lipinski definition) is 5. The van der Waals surface area contributed by atoms with Crippen LogP contribution in [0.2, 0.25) is 0 Å². The Balaban J connectivity index is 1.56. The predicted molar refractivity (Wildman–Crippen MR) is 113 cm³/mol. The first kappa shape index (κ1) is 21.0. The van der Waals surface area contributed by atoms with Crippen LogP contribution >= 0.6 is 11.8 Å². The number of rotatable bonds is 8. The lowest BCUT2D eigenvalue weighted by molar-refractivity contribution is -0.118. The van der Waals surface area contributed by atoms with Crippen LogP contribution in [0.15, 0.2) is 59.8 Å². The maximum absolute atomic E-state index is 13.1. The molecule has 1 aromatic heterocycles. The number of amides is 1. The van der Waals surface area contributed by atoms with Gasteiger partial charge in [0.2, 0.25) is 5.91 Å². The average Bonchev–Trinajstić information content (AvgIpc) is 3.08. The summed E-state index contributed by atoms with van der Waals surface area (Å²) in [6, 6.07) is 16.3. The number of likely N-dealkylation sites (N-methyl/N-ethyl adjacent to an activating group) is 1. The Bertz CT molecular complexity index is 943. The molecule has 1 N–H and O–H groups in total. The van der Waals surface area contributed by atoms with Crippen LogP contribution in [0.4, 0.5) is 4.39 Å². The summed E-state index contributed by atoms with van der Waals surface area (Å²) in [5.74, 6) is 0.507. The third kappa shape index (κ3) is 5.42. The number of nitrogens with zero attached hydrogens (tertiary/aromatic N) is 4. The standard InChI is InChI=1S/C21H24FN5OS/c1-26(2)18(15-7-5-4-6-8-15)13-23-19(28)14-29-21-25-24-20(27(21)3)16-9-11-17(22)12-10-16/h4-12,18H,13-14H2,1-3H3,(H,23,28)/t18-/m0/s1. The van der Waals surface area contributed by atoms with Crippen molar-refractivity contribution in [3.8, 4) is 11.4 Å². The Morgan fingerprint density at radius 3 is 2.48 bits per heavy atom. The van der Waals surface area contributed by atoms with Crippen molar-refractivity contribution in [1.82, 2.24) is 25.0 Å². The molecular weight excluding hydrogens is 389 g/mol. The zero-order chi connectivity index (χ0) is 20.8. The number of carbonyl (C=O) groups is 1. The molecule has 0 aliphatic carbocycles. The molecule has 1 amide bonds. The van der Waals surface area contributed by atoms with Crippen molar-refractivity contribution >= 4 is 17.7 Å². The Kier molecular flexibility index (Phi) is 7.00. The van der Waals surface area contributed by atoms with E-state index in [2.05, 4.69) is 32.5 Å². The van der Waals surface area contributed by atoms with Crippen LogP contribution in [0, 0.1) is 5.82 Å². The highest BCUT2D eigenvalue weighted by atomic mass is 32.2. The largest absolute Gasteiger partial charge is 0.353 e. The molecule has 1 atom stereocenters. The van der Waals surface area contributed by atoms with Crippen LogP contribution in [-0.2, 0) is 11.8 Å². The Morgan fingerprint density at radius 1 is 1.14 bits per heavy atom. The third-order valence-electron chi connectivity index (χ3n) is 4.57. The van der Waals surface area contributed by atoms with Crippen molar-refractivity contribution in [3.05, 3.63) is 66.0 Å². The molecule has 152 valence electrons. The molecule has 0 saturated carbocycles. The summed E-state index contributed by atoms with van der Waals surface area (Å²) >= 11 is 1.32. The fourth-order valence-electron chi connectivity index (χ4n) is 2.96. The molecule has 6 nitrogen and oxygen atoms in total. The monoisotopic (exact) mass is 413 g/mol. The molecule has 2 aromatic carbocycles. The fraction of sp³-hybridized carbons (Fsp3) is 0.286. The first-order valence-electron chi connectivity index (χ1n) is 9.22. The van der Waals surface area contributed by atoms with Gasteiger partial charge < -0.3 is 14.8 Å². The molecule has 0 aliphatic rings. The van der Waals surface area contributed by atoms with Crippen molar-refractivity contribution in [3.63, 3.8) is 0 Å². The second kappa shape index (κ2) is 9.67. The summed E-state index contributed by atoms with van der Waals surface area (Å²) in [5.41, 5.74) is 1.93. The highest BCUT2D eigenvalue weighted by molar-refractivity contribution is 7.99. The first-order chi connectivity index (χ1) is 14.0. The molecule has 0 bridgehead atoms. The van der Waals surface area contributed by atoms with Gasteiger partial charge in [0.25, 0.3) is 0 Å². The summed E-state index contributed by atoms with van der Waals surface area (Å²) in [6.45, 7) is 0.524. The van der Waals surface area contributed by atoms with E-state index in [1.807, 2.05) is 39.3 Å². The number of hydrogen-bond donors (Lipinski definition) is 1. The molecule has 0 spiro atoms. The molecule has 0 saturated heterocycles. The number of carbonyl (C=O) groups excluding carboxylic acids is 1. The van der Waals surface area contributed by atoms with Gasteiger partial charge in [-0.05, 0) is 43.9 Å². The zero-order valence-electron chi connectivity index (χ0n) is 16.7. The van der Waals surface area contributed by atoms with Crippen LogP contribution in [0.25, 0.3) is 11.4 Å². The lowest BCUT2D eigenvalue weighted by Gasteiger charge is -2.25. The van der Waals surface area contributed by atoms with Crippen LogP contribution in [0.1, 0.15) is 11.6 Å². The highest BCUT2D eigenvalue weighted by Crippen LogP contribution is 2.23. The Morgan fingerprint density at radius 2 is 1.83 bits per heavy atom. The number of aromatic nitrogens is 3. The van der Waals surface area contributed by atoms with Crippen molar-refractivity contribution in [2.45, 2.75) is 11.2 Å². The third-order valence-corrected chi connectivity index (χ3v) is 5.59. The molecular formula is C21H24FN5OS. The number of thioether (sulfide) groups is 1. The van der Waals surface area contributed by atoms with Crippen LogP contribution < -0.4 is 5.32 Å². The van der Waals surface area contributed by atoms with E-state index in [0.717, 1.165) is 11.1 Å². The van der Waals surface area contributed by atoms with Crippen molar-refractivity contribution < 1.29 is 9.18 Å². The maximum Gasteiger partial charge on any atom is 0.230 e. The molecule has 0 radical (unpaired) electrons. The molecule has 0 unspecified atom stereocenters. The normalized spacial score (nSPS) is 12.2. The molecule has 0 fully saturated rings. The van der Waals surface area contributed by atoms with Crippen molar-refractivity contribution in [1.29, 1.82) is 0 Å². The number of benzene rings is 2. The van der Waals surface area contributed by atoms with Gasteiger partial charge in [0.1, 0.15) is 5.82 Å². The minimum absolute atomic E-state index is 0.0656. The SMILES string of the molecule is CN(C)[C@@H](CNC(=O)CSc1nnc(-c2ccc(F)cc2)n1C)c1ccccc1. The topological polar surface area (TPSA) is 63.1 Å². The van der Waals surface area contributed by atoms with E-state index < -0.39 is 0 Å². The molecule has 0 aliphatic heterocycles. The van der Waals surface area contributed by atoms with Crippen molar-refractivity contribution in [2.24, 2.45) is 7.05 Å². The van der Waals surface area contributed by atoms with Crippen LogP contribution in [-0.4, -0.2) is 52.0 Å². The zero-order valence-corrected chi connectivity index (χ0v) is 17.5. The highest BCUT2D eigenvalue weighted by Gasteiger charge is 2.16. The van der Waals surface area contributed by atoms with E-state index in [1.54, 1.807) is 16.7 Å². The van der Waals surface area contributed by atoms with Gasteiger partial charge in [-0.15, -0.1) is 10.2 Å². The average molecular weight is 414 g/mol. The minimum Gasteiger partial charge on any atom is -0.353 e. The lowest BCUT2D eigenvalue weighted by atomic mass is 10.1. The smallest absolute Gasteiger partial charge is 0.230 e. The molecule has 3 aromatic rings. The summed E-state index contributed by atoms with van der Waals surface area (Å²) < 4.78 is 14.9. The molecule has 3 rings (SSSR count). The van der Waals surface area contributed by atoms with E-state index >= 15 is 0 Å². The maximum atomic E-state index is 13.1. The van der Waals surface area contributed by atoms with Gasteiger partial charge in [-0.3, -0.25) is 4.79 Å². The Hall–Kier alpha value is -2.71. The summed E-state index contributed by atoms with van der Waals surface area (Å²) in [4.78, 5) is 14.4. The molecule has 1 heterocycles. The first-order valence-corrected chi connectivity index (χ1v) is 10.2. The summed E-state index contributed by atoms with van der Waals surface area (Å²) in [6.07, 6.45) is 0. The van der Waals surface area contributed by atoms with Gasteiger partial charge in [0.05, 0.1) is 11.8 Å². The van der Waals surface area contributed by atoms with Gasteiger partial charge in [0, 0.05) is 19.2 Å². The van der Waals surface area contributed by atoms with Gasteiger partial charge in [-0.2, -0.15) is 0 Å². The van der Waals surface area contributed by atoms with Gasteiger partial charge >= 0.3 is 0 Å². The minimum atomic E-state index is -0.297. The van der Waals surface area contributed by atoms with Gasteiger partial charge in [-0.1, -0.05) is 42.1 Å². The molecule has 8 heteroatoms. The second-order valence-corrected chi connectivity index (χ2v) is 7.80. The number of halogens is 1. The van der Waals surface area contributed by atoms with E-state index in [4.69, 9.17) is 0 Å². The second-order valence-electron chi connectivity index (χ2n) is 6.85. The fourth-order valence-corrected chi connectivity index (χ4v) is 3.70. The molecule has 29 heavy (non-hydrogen) atoms. The van der Waals surface area contributed by atoms with E-state index in [0.29, 0.717) is 17.5 Å². The van der Waals surface area contributed by atoms with E-state index in [-0.39, 0.29) is 23.5 Å². The van der Waals surface area contributed by atoms with Crippen LogP contribution in [0.5, 0.6) is 0 Å². The predicted octanol–water partition coefficient (Wildman–Crippen LogP) is 3.13. The van der Waals surface area contributed by atoms with Gasteiger partial charge in [-0.25, -0.2) is 4.39 Å². The van der Waals surface area contributed by atoms with Crippen LogP contribution in [0.3, 0.4) is 0 Å².